The van der Waals surface area contributed by atoms with Gasteiger partial charge in [0.25, 0.3) is 5.56 Å². The van der Waals surface area contributed by atoms with E-state index in [2.05, 4.69) is 48.1 Å². The van der Waals surface area contributed by atoms with E-state index in [1.54, 1.807) is 17.4 Å². The predicted octanol–water partition coefficient (Wildman–Crippen LogP) is 4.92. The van der Waals surface area contributed by atoms with Gasteiger partial charge in [-0.15, -0.1) is 0 Å². The summed E-state index contributed by atoms with van der Waals surface area (Å²) in [5, 5.41) is 5.70. The Balaban J connectivity index is 1.55. The summed E-state index contributed by atoms with van der Waals surface area (Å²) in [7, 11) is 0. The maximum Gasteiger partial charge on any atom is 0.275 e. The molecule has 5 nitrogen and oxygen atoms in total. The Morgan fingerprint density at radius 2 is 1.90 bits per heavy atom. The first kappa shape index (κ1) is 20.2. The molecule has 2 aromatic heterocycles. The van der Waals surface area contributed by atoms with E-state index in [1.807, 2.05) is 0 Å². The summed E-state index contributed by atoms with van der Waals surface area (Å²) in [6, 6.07) is 10.3. The van der Waals surface area contributed by atoms with Crippen LogP contribution in [0.1, 0.15) is 73.2 Å². The number of aromatic nitrogens is 3. The molecule has 154 valence electrons. The predicted molar refractivity (Wildman–Crippen MR) is 119 cm³/mol. The summed E-state index contributed by atoms with van der Waals surface area (Å²) in [5.74, 6) is 0.497. The highest BCUT2D eigenvalue weighted by atomic mass is 32.1. The number of nitrogens with zero attached hydrogens (tertiary/aromatic N) is 4. The normalized spacial score (nSPS) is 15.4. The van der Waals surface area contributed by atoms with Crippen LogP contribution in [0.2, 0.25) is 0 Å². The number of fused-ring (bicyclic) bond motifs is 1. The Kier molecular flexibility index (Phi) is 6.40. The van der Waals surface area contributed by atoms with Crippen LogP contribution in [0.4, 0.5) is 0 Å². The third kappa shape index (κ3) is 4.93. The highest BCUT2D eigenvalue weighted by Gasteiger charge is 2.21. The minimum atomic E-state index is -0.0601. The first-order valence-electron chi connectivity index (χ1n) is 10.8. The van der Waals surface area contributed by atoms with Crippen LogP contribution in [0.3, 0.4) is 0 Å². The zero-order valence-corrected chi connectivity index (χ0v) is 18.2. The van der Waals surface area contributed by atoms with Gasteiger partial charge in [0.15, 0.2) is 0 Å². The molecule has 6 heteroatoms. The van der Waals surface area contributed by atoms with E-state index in [9.17, 15) is 4.79 Å². The third-order valence-electron chi connectivity index (χ3n) is 5.72. The van der Waals surface area contributed by atoms with Gasteiger partial charge in [0, 0.05) is 25.1 Å². The molecule has 0 radical (unpaired) electrons. The fourth-order valence-corrected chi connectivity index (χ4v) is 5.27. The van der Waals surface area contributed by atoms with E-state index in [1.165, 1.54) is 47.7 Å². The maximum atomic E-state index is 12.7. The average Bonchev–Trinajstić information content (AvgIpc) is 3.15. The third-order valence-corrected chi connectivity index (χ3v) is 6.79. The lowest BCUT2D eigenvalue weighted by atomic mass is 9.90. The topological polar surface area (TPSA) is 50.5 Å². The second-order valence-corrected chi connectivity index (χ2v) is 9.24. The van der Waals surface area contributed by atoms with Crippen LogP contribution >= 0.6 is 11.3 Å². The lowest BCUT2D eigenvalue weighted by Gasteiger charge is -2.21. The summed E-state index contributed by atoms with van der Waals surface area (Å²) in [6.45, 7) is 6.82. The SMILES string of the molecule is CCCN(Cc1ccc(C)cc1)Cc1cc(=O)n2nc(C3CCCCC3)sc2n1. The van der Waals surface area contributed by atoms with Crippen molar-refractivity contribution < 1.29 is 0 Å². The van der Waals surface area contributed by atoms with Gasteiger partial charge in [0.2, 0.25) is 4.96 Å². The van der Waals surface area contributed by atoms with Crippen molar-refractivity contribution in [3.05, 3.63) is 62.5 Å². The van der Waals surface area contributed by atoms with Crippen LogP contribution in [0.25, 0.3) is 4.96 Å². The molecular formula is C23H30N4OS. The van der Waals surface area contributed by atoms with Crippen molar-refractivity contribution in [3.8, 4) is 0 Å². The molecule has 0 saturated heterocycles. The van der Waals surface area contributed by atoms with E-state index in [-0.39, 0.29) is 5.56 Å². The molecule has 1 fully saturated rings. The summed E-state index contributed by atoms with van der Waals surface area (Å²) in [4.78, 5) is 20.6. The summed E-state index contributed by atoms with van der Waals surface area (Å²) < 4.78 is 1.50. The molecule has 0 bridgehead atoms. The van der Waals surface area contributed by atoms with Gasteiger partial charge in [0.1, 0.15) is 5.01 Å². The second-order valence-electron chi connectivity index (χ2n) is 8.25. The summed E-state index contributed by atoms with van der Waals surface area (Å²) in [6.07, 6.45) is 7.28. The molecule has 2 heterocycles. The molecule has 1 aromatic carbocycles. The molecule has 0 N–H and O–H groups in total. The van der Waals surface area contributed by atoms with E-state index < -0.39 is 0 Å². The molecule has 3 aromatic rings. The number of rotatable bonds is 7. The van der Waals surface area contributed by atoms with Gasteiger partial charge in [-0.05, 0) is 38.3 Å². The Bertz CT molecular complexity index is 1000. The molecule has 0 unspecified atom stereocenters. The average molecular weight is 411 g/mol. The molecular weight excluding hydrogens is 380 g/mol. The van der Waals surface area contributed by atoms with Crippen LogP contribution < -0.4 is 5.56 Å². The Hall–Kier alpha value is -2.05. The Morgan fingerprint density at radius 1 is 1.14 bits per heavy atom. The lowest BCUT2D eigenvalue weighted by Crippen LogP contribution is -2.26. The largest absolute Gasteiger partial charge is 0.293 e. The number of benzene rings is 1. The Labute approximate surface area is 176 Å². The summed E-state index contributed by atoms with van der Waals surface area (Å²) >= 11 is 1.60. The van der Waals surface area contributed by atoms with Crippen LogP contribution in [-0.4, -0.2) is 26.0 Å². The highest BCUT2D eigenvalue weighted by Crippen LogP contribution is 2.34. The van der Waals surface area contributed by atoms with Crippen molar-refractivity contribution in [2.45, 2.75) is 71.4 Å². The smallest absolute Gasteiger partial charge is 0.275 e. The van der Waals surface area contributed by atoms with E-state index in [0.717, 1.165) is 35.2 Å². The minimum absolute atomic E-state index is 0.0601. The lowest BCUT2D eigenvalue weighted by molar-refractivity contribution is 0.254. The summed E-state index contributed by atoms with van der Waals surface area (Å²) in [5.41, 5.74) is 3.35. The first-order valence-corrected chi connectivity index (χ1v) is 11.6. The van der Waals surface area contributed by atoms with Gasteiger partial charge >= 0.3 is 0 Å². The van der Waals surface area contributed by atoms with Crippen molar-refractivity contribution in [1.82, 2.24) is 19.5 Å². The maximum absolute atomic E-state index is 12.7. The van der Waals surface area contributed by atoms with Crippen LogP contribution in [0.5, 0.6) is 0 Å². The molecule has 1 aliphatic carbocycles. The molecule has 0 spiro atoms. The molecule has 0 aliphatic heterocycles. The molecule has 1 saturated carbocycles. The number of aryl methyl sites for hydroxylation is 1. The van der Waals surface area contributed by atoms with Crippen LogP contribution in [-0.2, 0) is 13.1 Å². The first-order chi connectivity index (χ1) is 14.1. The quantitative estimate of drug-likeness (QED) is 0.555. The van der Waals surface area contributed by atoms with Crippen molar-refractivity contribution in [2.75, 3.05) is 6.54 Å². The molecule has 4 rings (SSSR count). The van der Waals surface area contributed by atoms with Crippen LogP contribution in [0, 0.1) is 6.92 Å². The van der Waals surface area contributed by atoms with E-state index >= 15 is 0 Å². The highest BCUT2D eigenvalue weighted by molar-refractivity contribution is 7.16. The number of hydrogen-bond acceptors (Lipinski definition) is 5. The van der Waals surface area contributed by atoms with Crippen LogP contribution in [0.15, 0.2) is 35.1 Å². The van der Waals surface area contributed by atoms with Gasteiger partial charge in [0.05, 0.1) is 5.69 Å². The fraction of sp³-hybridized carbons (Fsp3) is 0.522. The van der Waals surface area contributed by atoms with Crippen molar-refractivity contribution >= 4 is 16.3 Å². The minimum Gasteiger partial charge on any atom is -0.293 e. The fourth-order valence-electron chi connectivity index (χ4n) is 4.18. The second kappa shape index (κ2) is 9.18. The van der Waals surface area contributed by atoms with Gasteiger partial charge in [-0.1, -0.05) is 67.4 Å². The number of hydrogen-bond donors (Lipinski definition) is 0. The van der Waals surface area contributed by atoms with Crippen molar-refractivity contribution in [2.24, 2.45) is 0 Å². The standard InChI is InChI=1S/C23H30N4OS/c1-3-13-26(15-18-11-9-17(2)10-12-18)16-20-14-21(28)27-23(24-20)29-22(25-27)19-7-5-4-6-8-19/h9-12,14,19H,3-8,13,15-16H2,1-2H3. The zero-order chi connectivity index (χ0) is 20.2. The van der Waals surface area contributed by atoms with Gasteiger partial charge < -0.3 is 0 Å². The van der Waals surface area contributed by atoms with Gasteiger partial charge in [-0.25, -0.2) is 4.98 Å². The molecule has 1 aliphatic rings. The molecule has 0 amide bonds. The van der Waals surface area contributed by atoms with Crippen molar-refractivity contribution in [3.63, 3.8) is 0 Å². The molecule has 29 heavy (non-hydrogen) atoms. The zero-order valence-electron chi connectivity index (χ0n) is 17.4. The van der Waals surface area contributed by atoms with Gasteiger partial charge in [-0.2, -0.15) is 9.61 Å². The van der Waals surface area contributed by atoms with Crippen molar-refractivity contribution in [1.29, 1.82) is 0 Å². The van der Waals surface area contributed by atoms with Gasteiger partial charge in [-0.3, -0.25) is 9.69 Å². The van der Waals surface area contributed by atoms with E-state index in [0.29, 0.717) is 12.5 Å². The monoisotopic (exact) mass is 410 g/mol. The molecule has 0 atom stereocenters. The van der Waals surface area contributed by atoms with E-state index in [4.69, 9.17) is 4.98 Å². The Morgan fingerprint density at radius 3 is 2.62 bits per heavy atom.